The van der Waals surface area contributed by atoms with Crippen LogP contribution in [0.4, 0.5) is 0 Å². The molecule has 0 fully saturated rings. The first kappa shape index (κ1) is 9.67. The summed E-state index contributed by atoms with van der Waals surface area (Å²) in [6, 6.07) is 0. The van der Waals surface area contributed by atoms with E-state index in [1.54, 1.807) is 4.98 Å². The highest BCUT2D eigenvalue weighted by atomic mass is 79.9. The molecule has 0 radical (unpaired) electrons. The Morgan fingerprint density at radius 1 is 2.00 bits per heavy atom. The predicted molar refractivity (Wildman–Crippen MR) is 27.8 cm³/mol. The molecular weight excluding hydrogens is 162 g/mol. The zero-order valence-corrected chi connectivity index (χ0v) is 5.27. The highest BCUT2D eigenvalue weighted by Crippen LogP contribution is 1.58. The Balaban J connectivity index is 0. The van der Waals surface area contributed by atoms with E-state index >= 15 is 0 Å². The molecule has 0 aliphatic heterocycles. The van der Waals surface area contributed by atoms with E-state index < -0.39 is 5.97 Å². The van der Waals surface area contributed by atoms with Crippen LogP contribution in [0.2, 0.25) is 0 Å². The summed E-state index contributed by atoms with van der Waals surface area (Å²) >= 11 is 2.45. The molecule has 0 aliphatic rings. The van der Waals surface area contributed by atoms with Crippen molar-refractivity contribution in [2.75, 3.05) is 0 Å². The van der Waals surface area contributed by atoms with Gasteiger partial charge >= 0.3 is 0 Å². The summed E-state index contributed by atoms with van der Waals surface area (Å²) < 4.78 is 0. The number of carboxylic acids is 1. The number of nitriles is 1. The molecule has 0 spiro atoms. The Morgan fingerprint density at radius 2 is 2.00 bits per heavy atom. The molecule has 7 heavy (non-hydrogen) atoms. The Kier molecular flexibility index (Phi) is 12.5. The zero-order valence-electron chi connectivity index (χ0n) is 3.68. The average molecular weight is 166 g/mol. The maximum absolute atomic E-state index is 9.00. The van der Waals surface area contributed by atoms with Crippen LogP contribution in [0.15, 0.2) is 0 Å². The van der Waals surface area contributed by atoms with Crippen LogP contribution in [-0.4, -0.2) is 11.1 Å². The summed E-state index contributed by atoms with van der Waals surface area (Å²) in [5.41, 5.74) is 0. The molecular formula is C3H4BrNO2. The lowest BCUT2D eigenvalue weighted by molar-refractivity contribution is -0.134. The SMILES string of the molecule is CC(=O)O.N#CBr. The highest BCUT2D eigenvalue weighted by Gasteiger charge is 1.65. The lowest BCUT2D eigenvalue weighted by Gasteiger charge is -1.59. The number of halogens is 1. The molecule has 0 aromatic rings. The maximum atomic E-state index is 9.00. The molecule has 0 unspecified atom stereocenters. The fraction of sp³-hybridized carbons (Fsp3) is 0.333. The molecule has 1 N–H and O–H groups in total. The van der Waals surface area contributed by atoms with Crippen LogP contribution in [0.1, 0.15) is 6.92 Å². The minimum atomic E-state index is -0.833. The minimum absolute atomic E-state index is 0.833. The molecule has 0 heterocycles. The third-order valence-electron chi connectivity index (χ3n) is 0. The van der Waals surface area contributed by atoms with Gasteiger partial charge in [0.05, 0.1) is 0 Å². The van der Waals surface area contributed by atoms with Gasteiger partial charge in [-0.1, -0.05) is 0 Å². The number of aliphatic carboxylic acids is 1. The molecule has 40 valence electrons. The monoisotopic (exact) mass is 165 g/mol. The van der Waals surface area contributed by atoms with Crippen molar-refractivity contribution in [2.24, 2.45) is 0 Å². The molecule has 0 atom stereocenters. The molecule has 0 aromatic heterocycles. The molecule has 4 heteroatoms. The van der Waals surface area contributed by atoms with E-state index in [4.69, 9.17) is 15.2 Å². The summed E-state index contributed by atoms with van der Waals surface area (Å²) in [5, 5.41) is 14.7. The van der Waals surface area contributed by atoms with E-state index in [2.05, 4.69) is 15.9 Å². The van der Waals surface area contributed by atoms with E-state index in [9.17, 15) is 0 Å². The molecule has 3 nitrogen and oxygen atoms in total. The summed E-state index contributed by atoms with van der Waals surface area (Å²) in [6.45, 7) is 1.08. The van der Waals surface area contributed by atoms with Crippen molar-refractivity contribution in [3.05, 3.63) is 0 Å². The third kappa shape index (κ3) is 205. The Labute approximate surface area is 49.7 Å². The largest absolute Gasteiger partial charge is 0.481 e. The maximum Gasteiger partial charge on any atom is 0.300 e. The van der Waals surface area contributed by atoms with Crippen molar-refractivity contribution >= 4 is 21.9 Å². The van der Waals surface area contributed by atoms with Crippen LogP contribution < -0.4 is 0 Å². The highest BCUT2D eigenvalue weighted by molar-refractivity contribution is 9.12. The number of carboxylic acid groups (broad SMARTS) is 1. The van der Waals surface area contributed by atoms with Crippen molar-refractivity contribution in [1.82, 2.24) is 0 Å². The van der Waals surface area contributed by atoms with Gasteiger partial charge in [-0.3, -0.25) is 4.79 Å². The van der Waals surface area contributed by atoms with E-state index in [0.29, 0.717) is 0 Å². The van der Waals surface area contributed by atoms with E-state index in [1.165, 1.54) is 0 Å². The first-order chi connectivity index (χ1) is 3.15. The topological polar surface area (TPSA) is 61.1 Å². The number of carbonyl (C=O) groups is 1. The van der Waals surface area contributed by atoms with Gasteiger partial charge in [0.25, 0.3) is 5.97 Å². The molecule has 0 rings (SSSR count). The molecule has 0 saturated heterocycles. The van der Waals surface area contributed by atoms with Gasteiger partial charge in [-0.25, -0.2) is 0 Å². The van der Waals surface area contributed by atoms with Crippen LogP contribution in [0, 0.1) is 10.2 Å². The molecule has 0 amide bonds. The predicted octanol–water partition coefficient (Wildman–Crippen LogP) is 0.953. The van der Waals surface area contributed by atoms with Gasteiger partial charge in [-0.05, 0) is 0 Å². The van der Waals surface area contributed by atoms with Gasteiger partial charge in [0.1, 0.15) is 4.98 Å². The van der Waals surface area contributed by atoms with Crippen molar-refractivity contribution in [2.45, 2.75) is 6.92 Å². The first-order valence-corrected chi connectivity index (χ1v) is 2.13. The van der Waals surface area contributed by atoms with Crippen molar-refractivity contribution in [3.8, 4) is 4.98 Å². The van der Waals surface area contributed by atoms with E-state index in [1.807, 2.05) is 0 Å². The zero-order chi connectivity index (χ0) is 6.28. The number of rotatable bonds is 0. The van der Waals surface area contributed by atoms with Gasteiger partial charge in [0.2, 0.25) is 0 Å². The summed E-state index contributed by atoms with van der Waals surface area (Å²) in [5.74, 6) is -0.833. The van der Waals surface area contributed by atoms with Gasteiger partial charge in [0, 0.05) is 22.9 Å². The molecule has 0 aliphatic carbocycles. The second kappa shape index (κ2) is 9.06. The van der Waals surface area contributed by atoms with Crippen molar-refractivity contribution in [1.29, 1.82) is 5.26 Å². The number of hydrogen-bond donors (Lipinski definition) is 1. The Hall–Kier alpha value is -0.560. The lowest BCUT2D eigenvalue weighted by Crippen LogP contribution is -1.78. The number of hydrogen-bond acceptors (Lipinski definition) is 2. The first-order valence-electron chi connectivity index (χ1n) is 1.34. The second-order valence-electron chi connectivity index (χ2n) is 0.604. The third-order valence-corrected chi connectivity index (χ3v) is 0. The fourth-order valence-corrected chi connectivity index (χ4v) is 0. The quantitative estimate of drug-likeness (QED) is 0.582. The average Bonchev–Trinajstić information content (AvgIpc) is 1.33. The van der Waals surface area contributed by atoms with E-state index in [-0.39, 0.29) is 0 Å². The molecule has 0 saturated carbocycles. The molecule has 0 aromatic carbocycles. The Bertz CT molecular complexity index is 81.4. The van der Waals surface area contributed by atoms with Crippen molar-refractivity contribution < 1.29 is 9.90 Å². The fourth-order valence-electron chi connectivity index (χ4n) is 0. The van der Waals surface area contributed by atoms with Gasteiger partial charge in [-0.2, -0.15) is 5.26 Å². The summed E-state index contributed by atoms with van der Waals surface area (Å²) in [6.07, 6.45) is 0. The van der Waals surface area contributed by atoms with E-state index in [0.717, 1.165) is 6.92 Å². The van der Waals surface area contributed by atoms with Gasteiger partial charge < -0.3 is 5.11 Å². The van der Waals surface area contributed by atoms with Crippen LogP contribution >= 0.6 is 15.9 Å². The van der Waals surface area contributed by atoms with Crippen LogP contribution in [0.25, 0.3) is 0 Å². The summed E-state index contributed by atoms with van der Waals surface area (Å²) in [7, 11) is 0. The normalized spacial score (nSPS) is 4.71. The number of nitrogens with zero attached hydrogens (tertiary/aromatic N) is 1. The Morgan fingerprint density at radius 3 is 2.00 bits per heavy atom. The van der Waals surface area contributed by atoms with Crippen LogP contribution in [0.5, 0.6) is 0 Å². The molecule has 0 bridgehead atoms. The smallest absolute Gasteiger partial charge is 0.300 e. The standard InChI is InChI=1S/C2H4O2.CBrN/c1-2(3)4;2-1-3/h1H3,(H,3,4);. The minimum Gasteiger partial charge on any atom is -0.481 e. The van der Waals surface area contributed by atoms with Crippen LogP contribution in [-0.2, 0) is 4.79 Å². The van der Waals surface area contributed by atoms with Gasteiger partial charge in [-0.15, -0.1) is 0 Å². The van der Waals surface area contributed by atoms with Crippen molar-refractivity contribution in [3.63, 3.8) is 0 Å². The summed E-state index contributed by atoms with van der Waals surface area (Å²) in [4.78, 5) is 10.6. The van der Waals surface area contributed by atoms with Crippen LogP contribution in [0.3, 0.4) is 0 Å². The lowest BCUT2D eigenvalue weighted by atomic mass is 10.9. The second-order valence-corrected chi connectivity index (χ2v) is 0.958. The van der Waals surface area contributed by atoms with Gasteiger partial charge in [0.15, 0.2) is 0 Å².